The van der Waals surface area contributed by atoms with E-state index in [2.05, 4.69) is 86.6 Å². The lowest BCUT2D eigenvalue weighted by atomic mass is 9.83. The monoisotopic (exact) mass is 430 g/mol. The summed E-state index contributed by atoms with van der Waals surface area (Å²) in [7, 11) is 0. The molecule has 5 rings (SSSR count). The smallest absolute Gasteiger partial charge is 0.338 e. The number of hydrogen-bond acceptors (Lipinski definition) is 2. The van der Waals surface area contributed by atoms with E-state index >= 15 is 0 Å². The van der Waals surface area contributed by atoms with Gasteiger partial charge in [-0.3, -0.25) is 0 Å². The average Bonchev–Trinajstić information content (AvgIpc) is 2.85. The molecule has 5 aromatic rings. The quantitative estimate of drug-likeness (QED) is 0.212. The summed E-state index contributed by atoms with van der Waals surface area (Å²) in [6.45, 7) is 6.49. The van der Waals surface area contributed by atoms with Crippen LogP contribution in [0.15, 0.2) is 91.0 Å². The Bertz CT molecular complexity index is 1480. The second kappa shape index (κ2) is 8.55. The Morgan fingerprint density at radius 3 is 1.73 bits per heavy atom. The number of fused-ring (bicyclic) bond motifs is 3. The minimum atomic E-state index is -0.287. The fraction of sp³-hybridized carbons (Fsp3) is 0.129. The predicted molar refractivity (Wildman–Crippen MR) is 138 cm³/mol. The summed E-state index contributed by atoms with van der Waals surface area (Å²) in [6.07, 6.45) is 0. The van der Waals surface area contributed by atoms with Gasteiger partial charge in [-0.2, -0.15) is 0 Å². The van der Waals surface area contributed by atoms with Crippen molar-refractivity contribution in [3.8, 4) is 22.3 Å². The number of carbonyl (C=O) groups excluding carboxylic acids is 1. The van der Waals surface area contributed by atoms with E-state index in [4.69, 9.17) is 4.74 Å². The number of rotatable bonds is 4. The zero-order chi connectivity index (χ0) is 22.9. The molecule has 0 saturated carbocycles. The fourth-order valence-corrected chi connectivity index (χ4v) is 4.65. The van der Waals surface area contributed by atoms with Gasteiger partial charge in [-0.05, 0) is 87.8 Å². The van der Waals surface area contributed by atoms with Crippen molar-refractivity contribution in [3.63, 3.8) is 0 Å². The molecule has 0 spiro atoms. The summed E-state index contributed by atoms with van der Waals surface area (Å²) in [5.41, 5.74) is 7.80. The van der Waals surface area contributed by atoms with Crippen molar-refractivity contribution in [1.29, 1.82) is 0 Å². The highest BCUT2D eigenvalue weighted by Gasteiger charge is 2.19. The van der Waals surface area contributed by atoms with Crippen LogP contribution in [0.25, 0.3) is 43.8 Å². The molecule has 0 N–H and O–H groups in total. The molecule has 0 bridgehead atoms. The summed E-state index contributed by atoms with van der Waals surface area (Å²) in [6, 6.07) is 31.6. The van der Waals surface area contributed by atoms with E-state index in [0.29, 0.717) is 12.2 Å². The minimum absolute atomic E-state index is 0.287. The van der Waals surface area contributed by atoms with Gasteiger partial charge in [-0.15, -0.1) is 0 Å². The fourth-order valence-electron chi connectivity index (χ4n) is 4.65. The SMILES string of the molecule is CCOC(=O)c1ccc2c(-c3ccccc3)c(-c3ccccc3)c3cc(C)c(C)cc3c2c1. The molecule has 5 aromatic carbocycles. The van der Waals surface area contributed by atoms with Crippen molar-refractivity contribution in [1.82, 2.24) is 0 Å². The normalized spacial score (nSPS) is 11.1. The van der Waals surface area contributed by atoms with Crippen LogP contribution in [0.5, 0.6) is 0 Å². The lowest BCUT2D eigenvalue weighted by Crippen LogP contribution is -2.04. The molecular weight excluding hydrogens is 404 g/mol. The third kappa shape index (κ3) is 3.68. The van der Waals surface area contributed by atoms with Crippen LogP contribution in [0.1, 0.15) is 28.4 Å². The molecule has 0 aliphatic heterocycles. The van der Waals surface area contributed by atoms with E-state index in [0.717, 1.165) is 21.7 Å². The lowest BCUT2D eigenvalue weighted by molar-refractivity contribution is 0.0526. The van der Waals surface area contributed by atoms with Gasteiger partial charge < -0.3 is 4.74 Å². The van der Waals surface area contributed by atoms with Crippen LogP contribution >= 0.6 is 0 Å². The Labute approximate surface area is 194 Å². The maximum absolute atomic E-state index is 12.6. The second-order valence-corrected chi connectivity index (χ2v) is 8.44. The van der Waals surface area contributed by atoms with Crippen molar-refractivity contribution in [2.75, 3.05) is 6.61 Å². The molecule has 0 fully saturated rings. The van der Waals surface area contributed by atoms with Crippen LogP contribution in [-0.2, 0) is 4.74 Å². The van der Waals surface area contributed by atoms with Gasteiger partial charge in [0.15, 0.2) is 0 Å². The molecule has 0 aliphatic carbocycles. The third-order valence-electron chi connectivity index (χ3n) is 6.37. The summed E-state index contributed by atoms with van der Waals surface area (Å²) in [5.74, 6) is -0.287. The van der Waals surface area contributed by atoms with Crippen LogP contribution in [-0.4, -0.2) is 12.6 Å². The van der Waals surface area contributed by atoms with Crippen LogP contribution in [0.4, 0.5) is 0 Å². The predicted octanol–water partition coefficient (Wildman–Crippen LogP) is 8.12. The molecule has 0 aliphatic rings. The summed E-state index contributed by atoms with van der Waals surface area (Å²) < 4.78 is 5.30. The highest BCUT2D eigenvalue weighted by molar-refractivity contribution is 6.22. The van der Waals surface area contributed by atoms with E-state index in [-0.39, 0.29) is 5.97 Å². The highest BCUT2D eigenvalue weighted by atomic mass is 16.5. The summed E-state index contributed by atoms with van der Waals surface area (Å²) >= 11 is 0. The molecule has 0 heterocycles. The maximum atomic E-state index is 12.6. The first-order chi connectivity index (χ1) is 16.1. The molecule has 33 heavy (non-hydrogen) atoms. The Morgan fingerprint density at radius 2 is 1.15 bits per heavy atom. The molecule has 0 radical (unpaired) electrons. The van der Waals surface area contributed by atoms with E-state index in [1.807, 2.05) is 25.1 Å². The number of benzene rings is 5. The van der Waals surface area contributed by atoms with Gasteiger partial charge in [0.25, 0.3) is 0 Å². The molecule has 0 amide bonds. The van der Waals surface area contributed by atoms with Crippen LogP contribution in [0, 0.1) is 13.8 Å². The van der Waals surface area contributed by atoms with Gasteiger partial charge in [0.05, 0.1) is 12.2 Å². The highest BCUT2D eigenvalue weighted by Crippen LogP contribution is 2.45. The van der Waals surface area contributed by atoms with Crippen LogP contribution < -0.4 is 0 Å². The van der Waals surface area contributed by atoms with Crippen molar-refractivity contribution in [2.45, 2.75) is 20.8 Å². The lowest BCUT2D eigenvalue weighted by Gasteiger charge is -2.20. The molecule has 2 nitrogen and oxygen atoms in total. The van der Waals surface area contributed by atoms with Crippen molar-refractivity contribution in [2.24, 2.45) is 0 Å². The van der Waals surface area contributed by atoms with Gasteiger partial charge in [-0.1, -0.05) is 78.9 Å². The average molecular weight is 431 g/mol. The Hall–Kier alpha value is -3.91. The number of esters is 1. The van der Waals surface area contributed by atoms with Gasteiger partial charge >= 0.3 is 5.97 Å². The van der Waals surface area contributed by atoms with E-state index in [1.165, 1.54) is 33.2 Å². The van der Waals surface area contributed by atoms with Gasteiger partial charge in [0.2, 0.25) is 0 Å². The van der Waals surface area contributed by atoms with E-state index < -0.39 is 0 Å². The Balaban J connectivity index is 2.00. The molecular formula is C31H26O2. The Morgan fingerprint density at radius 1 is 0.636 bits per heavy atom. The van der Waals surface area contributed by atoms with Gasteiger partial charge in [-0.25, -0.2) is 4.79 Å². The summed E-state index contributed by atoms with van der Waals surface area (Å²) in [5, 5.41) is 4.54. The van der Waals surface area contributed by atoms with Crippen LogP contribution in [0.3, 0.4) is 0 Å². The first-order valence-electron chi connectivity index (χ1n) is 11.4. The standard InChI is InChI=1S/C31H26O2/c1-4-33-31(32)24-15-16-25-27(19-24)26-17-20(2)21(3)18-28(26)30(23-13-9-6-10-14-23)29(25)22-11-7-5-8-12-22/h5-19H,4H2,1-3H3. The van der Waals surface area contributed by atoms with Crippen molar-refractivity contribution >= 4 is 27.5 Å². The first-order valence-corrected chi connectivity index (χ1v) is 11.4. The van der Waals surface area contributed by atoms with Crippen molar-refractivity contribution in [3.05, 3.63) is 108 Å². The second-order valence-electron chi connectivity index (χ2n) is 8.44. The van der Waals surface area contributed by atoms with Crippen LogP contribution in [0.2, 0.25) is 0 Å². The Kier molecular flexibility index (Phi) is 5.43. The largest absolute Gasteiger partial charge is 0.462 e. The molecule has 162 valence electrons. The third-order valence-corrected chi connectivity index (χ3v) is 6.37. The minimum Gasteiger partial charge on any atom is -0.462 e. The molecule has 0 saturated heterocycles. The number of aryl methyl sites for hydroxylation is 2. The number of carbonyl (C=O) groups is 1. The first kappa shape index (κ1) is 21.0. The van der Waals surface area contributed by atoms with Gasteiger partial charge in [0.1, 0.15) is 0 Å². The number of ether oxygens (including phenoxy) is 1. The molecule has 0 aromatic heterocycles. The maximum Gasteiger partial charge on any atom is 0.338 e. The van der Waals surface area contributed by atoms with E-state index in [9.17, 15) is 4.79 Å². The summed E-state index contributed by atoms with van der Waals surface area (Å²) in [4.78, 5) is 12.6. The van der Waals surface area contributed by atoms with E-state index in [1.54, 1.807) is 0 Å². The zero-order valence-electron chi connectivity index (χ0n) is 19.2. The number of hydrogen-bond donors (Lipinski definition) is 0. The topological polar surface area (TPSA) is 26.3 Å². The molecule has 0 atom stereocenters. The molecule has 2 heteroatoms. The van der Waals surface area contributed by atoms with Crippen molar-refractivity contribution < 1.29 is 9.53 Å². The van der Waals surface area contributed by atoms with Gasteiger partial charge in [0, 0.05) is 0 Å². The molecule has 0 unspecified atom stereocenters. The zero-order valence-corrected chi connectivity index (χ0v) is 19.2.